The van der Waals surface area contributed by atoms with Crippen molar-refractivity contribution in [3.05, 3.63) is 180 Å². The molecular weight excluding hydrogens is 562 g/mol. The van der Waals surface area contributed by atoms with Gasteiger partial charge in [0.1, 0.15) is 5.84 Å². The van der Waals surface area contributed by atoms with Crippen LogP contribution in [0, 0.1) is 5.41 Å². The van der Waals surface area contributed by atoms with Gasteiger partial charge in [-0.1, -0.05) is 140 Å². The lowest BCUT2D eigenvalue weighted by Crippen LogP contribution is -2.15. The van der Waals surface area contributed by atoms with Gasteiger partial charge >= 0.3 is 0 Å². The molecule has 0 aliphatic heterocycles. The second-order valence-electron chi connectivity index (χ2n) is 10.8. The SMILES string of the molecule is C=NC(=NCc1ccc(-c2ccccc2)cc1)c1cccc(-c2cccc(-c3cccc(C(=N)N=C(N)c4ccccc4)c3)c2)c1. The Labute approximate surface area is 269 Å². The molecule has 0 aliphatic carbocycles. The quantitative estimate of drug-likeness (QED) is 0.133. The summed E-state index contributed by atoms with van der Waals surface area (Å²) in [6.07, 6.45) is 0. The highest BCUT2D eigenvalue weighted by molar-refractivity contribution is 6.10. The Kier molecular flexibility index (Phi) is 9.12. The summed E-state index contributed by atoms with van der Waals surface area (Å²) in [5.74, 6) is 1.03. The van der Waals surface area contributed by atoms with Crippen LogP contribution in [0.3, 0.4) is 0 Å². The molecule has 0 saturated carbocycles. The minimum absolute atomic E-state index is 0.114. The molecule has 5 heteroatoms. The van der Waals surface area contributed by atoms with E-state index < -0.39 is 0 Å². The molecule has 0 unspecified atom stereocenters. The fourth-order valence-corrected chi connectivity index (χ4v) is 5.25. The summed E-state index contributed by atoms with van der Waals surface area (Å²) >= 11 is 0. The van der Waals surface area contributed by atoms with Crippen LogP contribution < -0.4 is 5.73 Å². The van der Waals surface area contributed by atoms with E-state index in [1.54, 1.807) is 0 Å². The van der Waals surface area contributed by atoms with E-state index in [0.717, 1.165) is 38.9 Å². The van der Waals surface area contributed by atoms with E-state index >= 15 is 0 Å². The van der Waals surface area contributed by atoms with E-state index in [-0.39, 0.29) is 5.84 Å². The number of nitrogens with two attached hydrogens (primary N) is 1. The predicted molar refractivity (Wildman–Crippen MR) is 193 cm³/mol. The molecule has 5 nitrogen and oxygen atoms in total. The highest BCUT2D eigenvalue weighted by atomic mass is 14.9. The van der Waals surface area contributed by atoms with Crippen molar-refractivity contribution in [2.45, 2.75) is 6.54 Å². The molecule has 6 aromatic carbocycles. The Morgan fingerprint density at radius 2 is 1.00 bits per heavy atom. The van der Waals surface area contributed by atoms with Gasteiger partial charge in [0.2, 0.25) is 0 Å². The van der Waals surface area contributed by atoms with Crippen molar-refractivity contribution in [1.82, 2.24) is 0 Å². The molecule has 0 heterocycles. The molecular formula is C41H33N5. The first-order valence-corrected chi connectivity index (χ1v) is 15.0. The maximum atomic E-state index is 8.57. The van der Waals surface area contributed by atoms with E-state index in [1.807, 2.05) is 91.0 Å². The van der Waals surface area contributed by atoms with Gasteiger partial charge in [-0.15, -0.1) is 0 Å². The minimum atomic E-state index is 0.114. The van der Waals surface area contributed by atoms with E-state index in [0.29, 0.717) is 23.8 Å². The summed E-state index contributed by atoms with van der Waals surface area (Å²) in [6.45, 7) is 4.31. The molecule has 0 aliphatic rings. The number of amidine groups is 3. The van der Waals surface area contributed by atoms with Gasteiger partial charge in [-0.2, -0.15) is 0 Å². The Hall–Kier alpha value is -6.20. The molecule has 0 atom stereocenters. The van der Waals surface area contributed by atoms with E-state index in [9.17, 15) is 0 Å². The number of hydrogen-bond donors (Lipinski definition) is 2. The van der Waals surface area contributed by atoms with Gasteiger partial charge in [-0.3, -0.25) is 10.4 Å². The summed E-state index contributed by atoms with van der Waals surface area (Å²) < 4.78 is 0. The maximum Gasteiger partial charge on any atom is 0.154 e. The lowest BCUT2D eigenvalue weighted by atomic mass is 9.97. The molecule has 0 radical (unpaired) electrons. The molecule has 0 amide bonds. The number of rotatable bonds is 8. The predicted octanol–water partition coefficient (Wildman–Crippen LogP) is 9.07. The first kappa shape index (κ1) is 29.9. The summed E-state index contributed by atoms with van der Waals surface area (Å²) in [4.78, 5) is 13.4. The molecule has 0 fully saturated rings. The van der Waals surface area contributed by atoms with Gasteiger partial charge in [0, 0.05) is 16.7 Å². The van der Waals surface area contributed by atoms with Crippen molar-refractivity contribution in [3.63, 3.8) is 0 Å². The molecule has 46 heavy (non-hydrogen) atoms. The summed E-state index contributed by atoms with van der Waals surface area (Å²) in [5, 5.41) is 8.57. The third-order valence-corrected chi connectivity index (χ3v) is 7.71. The van der Waals surface area contributed by atoms with Gasteiger partial charge in [0.15, 0.2) is 11.7 Å². The standard InChI is InChI=1S/C41H33N5/c1-44-41(45-28-29-21-23-31(24-22-29)30-11-4-2-5-12-30)38-20-10-18-36(27-38)34-16-8-15-33(25-34)35-17-9-19-37(26-35)40(43)46-39(42)32-13-6-3-7-14-32/h2-27H,1,28H2,(H3,42,43,46). The molecule has 0 saturated heterocycles. The van der Waals surface area contributed by atoms with Crippen molar-refractivity contribution in [1.29, 1.82) is 5.41 Å². The van der Waals surface area contributed by atoms with Crippen molar-refractivity contribution in [2.24, 2.45) is 20.7 Å². The van der Waals surface area contributed by atoms with Gasteiger partial charge in [-0.25, -0.2) is 9.98 Å². The highest BCUT2D eigenvalue weighted by Crippen LogP contribution is 2.28. The minimum Gasteiger partial charge on any atom is -0.383 e. The van der Waals surface area contributed by atoms with Crippen LogP contribution in [0.1, 0.15) is 22.3 Å². The number of hydrogen-bond acceptors (Lipinski definition) is 2. The number of benzene rings is 6. The monoisotopic (exact) mass is 595 g/mol. The number of aliphatic imine (C=N–C) groups is 3. The van der Waals surface area contributed by atoms with Crippen molar-refractivity contribution in [2.75, 3.05) is 0 Å². The summed E-state index contributed by atoms with van der Waals surface area (Å²) in [5.41, 5.74) is 16.2. The van der Waals surface area contributed by atoms with Crippen LogP contribution in [-0.2, 0) is 6.54 Å². The third-order valence-electron chi connectivity index (χ3n) is 7.71. The van der Waals surface area contributed by atoms with Crippen molar-refractivity contribution >= 4 is 24.2 Å². The fraction of sp³-hybridized carbons (Fsp3) is 0.0244. The van der Waals surface area contributed by atoms with Crippen molar-refractivity contribution in [3.8, 4) is 33.4 Å². The Morgan fingerprint density at radius 3 is 1.63 bits per heavy atom. The van der Waals surface area contributed by atoms with E-state index in [1.165, 1.54) is 11.1 Å². The second kappa shape index (κ2) is 14.1. The summed E-state index contributed by atoms with van der Waals surface area (Å²) in [6, 6.07) is 52.7. The molecule has 222 valence electrons. The fourth-order valence-electron chi connectivity index (χ4n) is 5.25. The smallest absolute Gasteiger partial charge is 0.154 e. The zero-order valence-corrected chi connectivity index (χ0v) is 25.3. The molecule has 6 rings (SSSR count). The third kappa shape index (κ3) is 7.12. The Morgan fingerprint density at radius 1 is 0.522 bits per heavy atom. The van der Waals surface area contributed by atoms with Crippen LogP contribution in [-0.4, -0.2) is 24.2 Å². The zero-order valence-electron chi connectivity index (χ0n) is 25.3. The van der Waals surface area contributed by atoms with Gasteiger partial charge in [0.05, 0.1) is 6.54 Å². The molecule has 0 bridgehead atoms. The average molecular weight is 596 g/mol. The van der Waals surface area contributed by atoms with E-state index in [2.05, 4.69) is 83.4 Å². The first-order valence-electron chi connectivity index (χ1n) is 15.0. The number of nitrogens with one attached hydrogen (secondary N) is 1. The van der Waals surface area contributed by atoms with Crippen LogP contribution in [0.5, 0.6) is 0 Å². The van der Waals surface area contributed by atoms with Crippen molar-refractivity contribution < 1.29 is 0 Å². The lowest BCUT2D eigenvalue weighted by Gasteiger charge is -2.10. The van der Waals surface area contributed by atoms with Crippen LogP contribution in [0.25, 0.3) is 33.4 Å². The van der Waals surface area contributed by atoms with Gasteiger partial charge in [-0.05, 0) is 63.9 Å². The van der Waals surface area contributed by atoms with Crippen LogP contribution in [0.15, 0.2) is 173 Å². The molecule has 0 spiro atoms. The molecule has 0 aromatic heterocycles. The Balaban J connectivity index is 1.20. The average Bonchev–Trinajstić information content (AvgIpc) is 3.13. The van der Waals surface area contributed by atoms with Crippen LogP contribution >= 0.6 is 0 Å². The number of nitrogens with zero attached hydrogens (tertiary/aromatic N) is 3. The van der Waals surface area contributed by atoms with E-state index in [4.69, 9.17) is 16.1 Å². The van der Waals surface area contributed by atoms with Gasteiger partial charge in [0.25, 0.3) is 0 Å². The van der Waals surface area contributed by atoms with Crippen LogP contribution in [0.2, 0.25) is 0 Å². The summed E-state index contributed by atoms with van der Waals surface area (Å²) in [7, 11) is 0. The van der Waals surface area contributed by atoms with Gasteiger partial charge < -0.3 is 5.73 Å². The normalized spacial score (nSPS) is 11.7. The highest BCUT2D eigenvalue weighted by Gasteiger charge is 2.09. The lowest BCUT2D eigenvalue weighted by molar-refractivity contribution is 1.06. The van der Waals surface area contributed by atoms with Crippen LogP contribution in [0.4, 0.5) is 0 Å². The zero-order chi connectivity index (χ0) is 31.7. The molecule has 3 N–H and O–H groups in total. The maximum absolute atomic E-state index is 8.57. The second-order valence-corrected chi connectivity index (χ2v) is 10.8. The Bertz CT molecular complexity index is 2040. The largest absolute Gasteiger partial charge is 0.383 e. The topological polar surface area (TPSA) is 87.0 Å². The molecule has 6 aromatic rings. The first-order chi connectivity index (χ1) is 22.6.